The molecule has 3 heteroatoms. The fourth-order valence-corrected chi connectivity index (χ4v) is 3.01. The number of ketones is 1. The highest BCUT2D eigenvalue weighted by atomic mass is 16.5. The third kappa shape index (κ3) is 4.10. The van der Waals surface area contributed by atoms with Crippen molar-refractivity contribution in [2.75, 3.05) is 7.11 Å². The number of rotatable bonds is 7. The van der Waals surface area contributed by atoms with E-state index in [-0.39, 0.29) is 17.6 Å². The van der Waals surface area contributed by atoms with Crippen molar-refractivity contribution in [2.24, 2.45) is 5.92 Å². The van der Waals surface area contributed by atoms with Crippen LogP contribution in [0.25, 0.3) is 10.8 Å². The van der Waals surface area contributed by atoms with Crippen LogP contribution in [0.15, 0.2) is 48.0 Å². The molecule has 2 atom stereocenters. The van der Waals surface area contributed by atoms with Gasteiger partial charge in [-0.1, -0.05) is 44.2 Å². The van der Waals surface area contributed by atoms with E-state index in [4.69, 9.17) is 4.74 Å². The van der Waals surface area contributed by atoms with Crippen molar-refractivity contribution in [3.05, 3.63) is 53.6 Å². The van der Waals surface area contributed by atoms with Gasteiger partial charge in [-0.05, 0) is 46.9 Å². The van der Waals surface area contributed by atoms with Crippen LogP contribution in [0.4, 0.5) is 0 Å². The van der Waals surface area contributed by atoms with Crippen molar-refractivity contribution in [2.45, 2.75) is 33.1 Å². The predicted molar refractivity (Wildman–Crippen MR) is 97.5 cm³/mol. The first-order valence-electron chi connectivity index (χ1n) is 8.19. The number of allylic oxidation sites excluding steroid dienone is 2. The number of aldehydes is 1. The molecule has 24 heavy (non-hydrogen) atoms. The normalized spacial score (nSPS) is 14.2. The Hall–Kier alpha value is -2.42. The number of benzene rings is 2. The van der Waals surface area contributed by atoms with E-state index in [0.29, 0.717) is 12.0 Å². The molecular weight excluding hydrogens is 300 g/mol. The monoisotopic (exact) mass is 324 g/mol. The summed E-state index contributed by atoms with van der Waals surface area (Å²) >= 11 is 0. The smallest absolute Gasteiger partial charge is 0.145 e. The highest BCUT2D eigenvalue weighted by Gasteiger charge is 2.19. The largest absolute Gasteiger partial charge is 0.497 e. The maximum absolute atomic E-state index is 12.6. The molecule has 0 N–H and O–H groups in total. The highest BCUT2D eigenvalue weighted by Crippen LogP contribution is 2.30. The Labute approximate surface area is 143 Å². The van der Waals surface area contributed by atoms with Crippen LogP contribution in [0, 0.1) is 5.92 Å². The molecule has 2 rings (SSSR count). The third-order valence-electron chi connectivity index (χ3n) is 4.33. The van der Waals surface area contributed by atoms with Crippen LogP contribution in [0.2, 0.25) is 0 Å². The lowest BCUT2D eigenvalue weighted by Crippen LogP contribution is -2.12. The molecule has 126 valence electrons. The number of carbonyl (C=O) groups is 2. The molecule has 0 aromatic heterocycles. The van der Waals surface area contributed by atoms with Gasteiger partial charge >= 0.3 is 0 Å². The lowest BCUT2D eigenvalue weighted by Gasteiger charge is -2.16. The van der Waals surface area contributed by atoms with E-state index in [1.54, 1.807) is 14.0 Å². The highest BCUT2D eigenvalue weighted by molar-refractivity contribution is 5.94. The van der Waals surface area contributed by atoms with Crippen molar-refractivity contribution in [3.63, 3.8) is 0 Å². The summed E-state index contributed by atoms with van der Waals surface area (Å²) in [5, 5.41) is 2.14. The first-order chi connectivity index (χ1) is 11.5. The lowest BCUT2D eigenvalue weighted by molar-refractivity contribution is -0.120. The SMILES string of the molecule is COc1ccc2c(C(C)C(=O)CC(C)/C=C(\C)C=O)cccc2c1. The maximum Gasteiger partial charge on any atom is 0.145 e. The summed E-state index contributed by atoms with van der Waals surface area (Å²) in [5.74, 6) is 0.859. The second kappa shape index (κ2) is 7.91. The summed E-state index contributed by atoms with van der Waals surface area (Å²) in [6, 6.07) is 11.9. The Balaban J connectivity index is 2.26. The summed E-state index contributed by atoms with van der Waals surface area (Å²) in [6.07, 6.45) is 3.10. The van der Waals surface area contributed by atoms with Gasteiger partial charge in [-0.2, -0.15) is 0 Å². The number of hydrogen-bond acceptors (Lipinski definition) is 3. The van der Waals surface area contributed by atoms with Gasteiger partial charge in [0.1, 0.15) is 17.8 Å². The zero-order valence-corrected chi connectivity index (χ0v) is 14.7. The van der Waals surface area contributed by atoms with Gasteiger partial charge in [-0.25, -0.2) is 0 Å². The van der Waals surface area contributed by atoms with Crippen LogP contribution < -0.4 is 4.74 Å². The Bertz CT molecular complexity index is 774. The van der Waals surface area contributed by atoms with Gasteiger partial charge in [-0.15, -0.1) is 0 Å². The van der Waals surface area contributed by atoms with E-state index in [9.17, 15) is 9.59 Å². The van der Waals surface area contributed by atoms with Gasteiger partial charge in [-0.3, -0.25) is 9.59 Å². The zero-order chi connectivity index (χ0) is 17.7. The molecule has 0 aliphatic carbocycles. The first kappa shape index (κ1) is 17.9. The molecule has 3 nitrogen and oxygen atoms in total. The van der Waals surface area contributed by atoms with Crippen LogP contribution >= 0.6 is 0 Å². The summed E-state index contributed by atoms with van der Waals surface area (Å²) in [4.78, 5) is 23.4. The van der Waals surface area contributed by atoms with E-state index in [0.717, 1.165) is 28.4 Å². The Morgan fingerprint density at radius 3 is 2.62 bits per heavy atom. The van der Waals surface area contributed by atoms with Crippen molar-refractivity contribution in [1.29, 1.82) is 0 Å². The van der Waals surface area contributed by atoms with Crippen molar-refractivity contribution >= 4 is 22.8 Å². The Morgan fingerprint density at radius 2 is 1.96 bits per heavy atom. The van der Waals surface area contributed by atoms with Crippen LogP contribution in [-0.2, 0) is 9.59 Å². The van der Waals surface area contributed by atoms with Crippen LogP contribution in [-0.4, -0.2) is 19.2 Å². The van der Waals surface area contributed by atoms with E-state index in [1.807, 2.05) is 56.3 Å². The lowest BCUT2D eigenvalue weighted by atomic mass is 9.87. The number of hydrogen-bond donors (Lipinski definition) is 0. The molecule has 2 unspecified atom stereocenters. The molecule has 0 saturated carbocycles. The second-order valence-electron chi connectivity index (χ2n) is 6.33. The summed E-state index contributed by atoms with van der Waals surface area (Å²) < 4.78 is 5.27. The predicted octanol–water partition coefficient (Wildman–Crippen LogP) is 4.69. The van der Waals surface area contributed by atoms with Crippen molar-refractivity contribution < 1.29 is 14.3 Å². The van der Waals surface area contributed by atoms with Gasteiger partial charge < -0.3 is 4.74 Å². The fraction of sp³-hybridized carbons (Fsp3) is 0.333. The minimum absolute atomic E-state index is 0.0558. The Morgan fingerprint density at radius 1 is 1.21 bits per heavy atom. The van der Waals surface area contributed by atoms with Gasteiger partial charge in [0.2, 0.25) is 0 Å². The topological polar surface area (TPSA) is 43.4 Å². The van der Waals surface area contributed by atoms with Crippen LogP contribution in [0.3, 0.4) is 0 Å². The molecule has 0 saturated heterocycles. The molecule has 0 radical (unpaired) electrons. The zero-order valence-electron chi connectivity index (χ0n) is 14.7. The van der Waals surface area contributed by atoms with Gasteiger partial charge in [0.25, 0.3) is 0 Å². The van der Waals surface area contributed by atoms with E-state index in [1.165, 1.54) is 0 Å². The van der Waals surface area contributed by atoms with Crippen LogP contribution in [0.1, 0.15) is 38.7 Å². The van der Waals surface area contributed by atoms with Gasteiger partial charge in [0, 0.05) is 12.3 Å². The number of fused-ring (bicyclic) bond motifs is 1. The number of methoxy groups -OCH3 is 1. The first-order valence-corrected chi connectivity index (χ1v) is 8.19. The molecule has 0 aliphatic rings. The summed E-state index contributed by atoms with van der Waals surface area (Å²) in [7, 11) is 1.65. The number of carbonyl (C=O) groups excluding carboxylic acids is 2. The molecular formula is C21H24O3. The van der Waals surface area contributed by atoms with Crippen molar-refractivity contribution in [1.82, 2.24) is 0 Å². The number of ether oxygens (including phenoxy) is 1. The molecule has 0 fully saturated rings. The minimum atomic E-state index is -0.186. The van der Waals surface area contributed by atoms with Crippen molar-refractivity contribution in [3.8, 4) is 5.75 Å². The van der Waals surface area contributed by atoms with Crippen LogP contribution in [0.5, 0.6) is 5.75 Å². The molecule has 0 heterocycles. The molecule has 2 aromatic carbocycles. The fourth-order valence-electron chi connectivity index (χ4n) is 3.01. The van der Waals surface area contributed by atoms with E-state index < -0.39 is 0 Å². The number of Topliss-reactive ketones (excluding diaryl/α,β-unsaturated/α-hetero) is 1. The second-order valence-corrected chi connectivity index (χ2v) is 6.33. The molecule has 2 aromatic rings. The van der Waals surface area contributed by atoms with E-state index >= 15 is 0 Å². The average Bonchev–Trinajstić information content (AvgIpc) is 2.59. The average molecular weight is 324 g/mol. The standard InChI is InChI=1S/C21H24O3/c1-14(10-15(2)13-22)11-21(23)16(3)19-7-5-6-17-12-18(24-4)8-9-20(17)19/h5-10,12-14,16H,11H2,1-4H3/b15-10+. The molecule has 0 spiro atoms. The third-order valence-corrected chi connectivity index (χ3v) is 4.33. The van der Waals surface area contributed by atoms with Gasteiger partial charge in [0.05, 0.1) is 7.11 Å². The Kier molecular flexibility index (Phi) is 5.91. The van der Waals surface area contributed by atoms with Gasteiger partial charge in [0.15, 0.2) is 0 Å². The minimum Gasteiger partial charge on any atom is -0.497 e. The summed E-state index contributed by atoms with van der Waals surface area (Å²) in [5.41, 5.74) is 1.70. The van der Waals surface area contributed by atoms with E-state index in [2.05, 4.69) is 0 Å². The quantitative estimate of drug-likeness (QED) is 0.548. The molecule has 0 bridgehead atoms. The molecule has 0 aliphatic heterocycles. The molecule has 0 amide bonds. The maximum atomic E-state index is 12.6. The summed E-state index contributed by atoms with van der Waals surface area (Å²) in [6.45, 7) is 5.67.